The molecule has 0 fully saturated rings. The Bertz CT molecular complexity index is 1420. The Hall–Kier alpha value is -3.00. The Kier molecular flexibility index (Phi) is 6.46. The van der Waals surface area contributed by atoms with E-state index in [1.807, 2.05) is 0 Å². The van der Waals surface area contributed by atoms with Gasteiger partial charge in [-0.25, -0.2) is 0 Å². The van der Waals surface area contributed by atoms with Gasteiger partial charge >= 0.3 is 0 Å². The highest BCUT2D eigenvalue weighted by molar-refractivity contribution is 6.12. The number of phenolic OH excluding ortho intramolecular Hbond substituents is 2. The van der Waals surface area contributed by atoms with E-state index in [1.165, 1.54) is 11.1 Å². The van der Waals surface area contributed by atoms with Crippen molar-refractivity contribution < 1.29 is 10.2 Å². The molecular weight excluding hydrogens is 464 g/mol. The third-order valence-electron chi connectivity index (χ3n) is 7.79. The molecule has 0 spiro atoms. The maximum absolute atomic E-state index is 12.1. The van der Waals surface area contributed by atoms with Crippen LogP contribution in [0.4, 0.5) is 0 Å². The molecule has 0 unspecified atom stereocenters. The molecule has 0 aliphatic carbocycles. The molecule has 0 saturated heterocycles. The minimum Gasteiger partial charge on any atom is -0.507 e. The fourth-order valence-electron chi connectivity index (χ4n) is 5.78. The van der Waals surface area contributed by atoms with Crippen molar-refractivity contribution in [2.24, 2.45) is 0 Å². The standard InChI is InChI=1S/C36H46O2/c1-33(2,3)25-17-13-15-21-23(25)19-27(35(7,8)9)31(37)29(21)30-22-16-14-18-26(34(4,5)6)24(22)20-28(32(30)38)36(10,11)12/h13-20,37-38H,1-12H3. The van der Waals surface area contributed by atoms with Gasteiger partial charge in [0.25, 0.3) is 0 Å². The zero-order chi connectivity index (χ0) is 28.6. The molecule has 0 aliphatic rings. The van der Waals surface area contributed by atoms with Gasteiger partial charge in [-0.15, -0.1) is 0 Å². The van der Waals surface area contributed by atoms with E-state index in [0.717, 1.165) is 43.8 Å². The molecule has 4 aromatic rings. The molecule has 2 heteroatoms. The summed E-state index contributed by atoms with van der Waals surface area (Å²) in [7, 11) is 0. The van der Waals surface area contributed by atoms with Gasteiger partial charge in [0.1, 0.15) is 11.5 Å². The van der Waals surface area contributed by atoms with Gasteiger partial charge in [0.15, 0.2) is 0 Å². The average molecular weight is 511 g/mol. The molecule has 2 nitrogen and oxygen atoms in total. The number of aromatic hydroxyl groups is 2. The molecule has 2 N–H and O–H groups in total. The Morgan fingerprint density at radius 2 is 0.684 bits per heavy atom. The summed E-state index contributed by atoms with van der Waals surface area (Å²) in [5.74, 6) is 0.500. The van der Waals surface area contributed by atoms with E-state index in [-0.39, 0.29) is 33.2 Å². The van der Waals surface area contributed by atoms with Crippen molar-refractivity contribution in [3.8, 4) is 22.6 Å². The van der Waals surface area contributed by atoms with Crippen molar-refractivity contribution in [3.63, 3.8) is 0 Å². The van der Waals surface area contributed by atoms with Gasteiger partial charge in [-0.05, 0) is 66.5 Å². The average Bonchev–Trinajstić information content (AvgIpc) is 2.75. The van der Waals surface area contributed by atoms with Crippen LogP contribution in [0, 0.1) is 0 Å². The van der Waals surface area contributed by atoms with Gasteiger partial charge in [0, 0.05) is 22.3 Å². The normalized spacial score (nSPS) is 13.5. The minimum atomic E-state index is -0.290. The molecule has 0 radical (unpaired) electrons. The number of hydrogen-bond donors (Lipinski definition) is 2. The Morgan fingerprint density at radius 3 is 0.947 bits per heavy atom. The van der Waals surface area contributed by atoms with Gasteiger partial charge in [-0.2, -0.15) is 0 Å². The SMILES string of the molecule is CC(C)(C)c1cc2c(C(C)(C)C)cccc2c(-c2c(O)c(C(C)(C)C)cc3c(C(C)(C)C)cccc23)c1O. The van der Waals surface area contributed by atoms with Crippen LogP contribution in [0.2, 0.25) is 0 Å². The maximum atomic E-state index is 12.1. The lowest BCUT2D eigenvalue weighted by Crippen LogP contribution is -2.16. The number of rotatable bonds is 1. The van der Waals surface area contributed by atoms with Crippen LogP contribution in [0.15, 0.2) is 48.5 Å². The van der Waals surface area contributed by atoms with Crippen molar-refractivity contribution in [1.29, 1.82) is 0 Å². The van der Waals surface area contributed by atoms with Crippen molar-refractivity contribution in [3.05, 3.63) is 70.8 Å². The molecule has 0 bridgehead atoms. The second-order valence-electron chi connectivity index (χ2n) is 15.1. The molecule has 0 aromatic heterocycles. The predicted octanol–water partition coefficient (Wildman–Crippen LogP) is 10.3. The summed E-state index contributed by atoms with van der Waals surface area (Å²) in [6.45, 7) is 26.2. The van der Waals surface area contributed by atoms with Crippen molar-refractivity contribution >= 4 is 21.5 Å². The van der Waals surface area contributed by atoms with Crippen LogP contribution in [-0.2, 0) is 21.7 Å². The first-order chi connectivity index (χ1) is 17.2. The molecular formula is C36H46O2. The number of fused-ring (bicyclic) bond motifs is 2. The minimum absolute atomic E-state index is 0.0836. The van der Waals surface area contributed by atoms with Crippen LogP contribution in [0.3, 0.4) is 0 Å². The van der Waals surface area contributed by atoms with Crippen LogP contribution in [-0.4, -0.2) is 10.2 Å². The molecule has 0 atom stereocenters. The van der Waals surface area contributed by atoms with E-state index in [1.54, 1.807) is 0 Å². The summed E-state index contributed by atoms with van der Waals surface area (Å²) >= 11 is 0. The number of hydrogen-bond acceptors (Lipinski definition) is 2. The van der Waals surface area contributed by atoms with E-state index in [0.29, 0.717) is 0 Å². The third kappa shape index (κ3) is 4.68. The van der Waals surface area contributed by atoms with E-state index >= 15 is 0 Å². The first kappa shape index (κ1) is 28.0. The predicted molar refractivity (Wildman–Crippen MR) is 165 cm³/mol. The second-order valence-corrected chi connectivity index (χ2v) is 15.1. The smallest absolute Gasteiger partial charge is 0.127 e. The van der Waals surface area contributed by atoms with Gasteiger partial charge in [-0.1, -0.05) is 119 Å². The highest BCUT2D eigenvalue weighted by Gasteiger charge is 2.31. The highest BCUT2D eigenvalue weighted by Crippen LogP contribution is 2.52. The van der Waals surface area contributed by atoms with Crippen molar-refractivity contribution in [2.45, 2.75) is 105 Å². The topological polar surface area (TPSA) is 40.5 Å². The summed E-state index contributed by atoms with van der Waals surface area (Å²) in [6, 6.07) is 17.1. The lowest BCUT2D eigenvalue weighted by Gasteiger charge is -2.30. The molecule has 4 aromatic carbocycles. The fraction of sp³-hybridized carbons (Fsp3) is 0.444. The largest absolute Gasteiger partial charge is 0.507 e. The number of phenols is 2. The molecule has 0 aliphatic heterocycles. The molecule has 38 heavy (non-hydrogen) atoms. The molecule has 0 amide bonds. The first-order valence-corrected chi connectivity index (χ1v) is 13.8. The fourth-order valence-corrected chi connectivity index (χ4v) is 5.78. The maximum Gasteiger partial charge on any atom is 0.127 e. The molecule has 202 valence electrons. The van der Waals surface area contributed by atoms with Gasteiger partial charge in [0.05, 0.1) is 0 Å². The second kappa shape index (κ2) is 8.76. The molecule has 0 saturated carbocycles. The molecule has 0 heterocycles. The summed E-state index contributed by atoms with van der Waals surface area (Å²) in [4.78, 5) is 0. The van der Waals surface area contributed by atoms with E-state index in [9.17, 15) is 10.2 Å². The summed E-state index contributed by atoms with van der Waals surface area (Å²) in [6.07, 6.45) is 0. The van der Waals surface area contributed by atoms with Crippen LogP contribution in [0.1, 0.15) is 105 Å². The Morgan fingerprint density at radius 1 is 0.395 bits per heavy atom. The summed E-state index contributed by atoms with van der Waals surface area (Å²) in [5, 5.41) is 28.3. The van der Waals surface area contributed by atoms with Gasteiger partial charge in [-0.3, -0.25) is 0 Å². The highest BCUT2D eigenvalue weighted by atomic mass is 16.3. The van der Waals surface area contributed by atoms with E-state index in [4.69, 9.17) is 0 Å². The van der Waals surface area contributed by atoms with Crippen LogP contribution in [0.25, 0.3) is 32.7 Å². The quantitative estimate of drug-likeness (QED) is 0.267. The zero-order valence-electron chi connectivity index (χ0n) is 25.5. The van der Waals surface area contributed by atoms with Gasteiger partial charge in [0.2, 0.25) is 0 Å². The van der Waals surface area contributed by atoms with Crippen LogP contribution < -0.4 is 0 Å². The van der Waals surface area contributed by atoms with E-state index in [2.05, 4.69) is 132 Å². The monoisotopic (exact) mass is 510 g/mol. The summed E-state index contributed by atoms with van der Waals surface area (Å²) < 4.78 is 0. The van der Waals surface area contributed by atoms with Crippen molar-refractivity contribution in [2.75, 3.05) is 0 Å². The lowest BCUT2D eigenvalue weighted by atomic mass is 9.75. The lowest BCUT2D eigenvalue weighted by molar-refractivity contribution is 0.442. The van der Waals surface area contributed by atoms with E-state index < -0.39 is 0 Å². The van der Waals surface area contributed by atoms with Crippen LogP contribution in [0.5, 0.6) is 11.5 Å². The molecule has 4 rings (SSSR count). The third-order valence-corrected chi connectivity index (χ3v) is 7.79. The zero-order valence-corrected chi connectivity index (χ0v) is 25.5. The van der Waals surface area contributed by atoms with Crippen LogP contribution >= 0.6 is 0 Å². The van der Waals surface area contributed by atoms with Gasteiger partial charge < -0.3 is 10.2 Å². The Balaban J connectivity index is 2.36. The Labute approximate surface area is 229 Å². The van der Waals surface area contributed by atoms with Crippen molar-refractivity contribution in [1.82, 2.24) is 0 Å². The first-order valence-electron chi connectivity index (χ1n) is 13.8. The number of benzene rings is 4. The summed E-state index contributed by atoms with van der Waals surface area (Å²) in [5.41, 5.74) is 4.93.